The van der Waals surface area contributed by atoms with Gasteiger partial charge in [0.25, 0.3) is 5.91 Å². The Kier molecular flexibility index (Phi) is 4.60. The predicted octanol–water partition coefficient (Wildman–Crippen LogP) is 3.55. The standard InChI is InChI=1S/C15H14Cl2N2O2/c1-19(8-9-4-2-3-5-13(9)20)15(21)11-6-10(18)7-12(16)14(11)17/h2-7,20H,8,18H2,1H3. The van der Waals surface area contributed by atoms with Gasteiger partial charge < -0.3 is 15.7 Å². The lowest BCUT2D eigenvalue weighted by Gasteiger charge is -2.19. The number of rotatable bonds is 3. The molecule has 0 radical (unpaired) electrons. The molecular formula is C15H14Cl2N2O2. The van der Waals surface area contributed by atoms with Crippen molar-refractivity contribution in [3.63, 3.8) is 0 Å². The van der Waals surface area contributed by atoms with E-state index >= 15 is 0 Å². The van der Waals surface area contributed by atoms with Gasteiger partial charge in [0.2, 0.25) is 0 Å². The first kappa shape index (κ1) is 15.5. The van der Waals surface area contributed by atoms with E-state index in [1.54, 1.807) is 31.3 Å². The molecule has 0 fully saturated rings. The van der Waals surface area contributed by atoms with Gasteiger partial charge in [-0.25, -0.2) is 0 Å². The minimum atomic E-state index is -0.322. The van der Waals surface area contributed by atoms with E-state index in [9.17, 15) is 9.90 Å². The predicted molar refractivity (Wildman–Crippen MR) is 84.8 cm³/mol. The van der Waals surface area contributed by atoms with Gasteiger partial charge in [-0.2, -0.15) is 0 Å². The van der Waals surface area contributed by atoms with E-state index in [1.165, 1.54) is 17.0 Å². The van der Waals surface area contributed by atoms with Crippen molar-refractivity contribution in [2.45, 2.75) is 6.54 Å². The number of nitrogens with zero attached hydrogens (tertiary/aromatic N) is 1. The van der Waals surface area contributed by atoms with E-state index in [4.69, 9.17) is 28.9 Å². The van der Waals surface area contributed by atoms with Crippen LogP contribution in [0.5, 0.6) is 5.75 Å². The summed E-state index contributed by atoms with van der Waals surface area (Å²) < 4.78 is 0. The summed E-state index contributed by atoms with van der Waals surface area (Å²) in [5, 5.41) is 10.1. The summed E-state index contributed by atoms with van der Waals surface area (Å²) in [5.74, 6) is -0.189. The van der Waals surface area contributed by atoms with Crippen molar-refractivity contribution < 1.29 is 9.90 Å². The Bertz CT molecular complexity index is 689. The molecule has 0 atom stereocenters. The number of anilines is 1. The van der Waals surface area contributed by atoms with Crippen LogP contribution in [0.1, 0.15) is 15.9 Å². The molecule has 0 aliphatic carbocycles. The number of hydrogen-bond acceptors (Lipinski definition) is 3. The Morgan fingerprint density at radius 2 is 1.95 bits per heavy atom. The van der Waals surface area contributed by atoms with Crippen molar-refractivity contribution >= 4 is 34.8 Å². The number of aromatic hydroxyl groups is 1. The minimum absolute atomic E-state index is 0.133. The molecule has 0 aromatic heterocycles. The van der Waals surface area contributed by atoms with Crippen molar-refractivity contribution in [2.75, 3.05) is 12.8 Å². The van der Waals surface area contributed by atoms with Crippen LogP contribution in [0.4, 0.5) is 5.69 Å². The van der Waals surface area contributed by atoms with Gasteiger partial charge in [0, 0.05) is 24.8 Å². The monoisotopic (exact) mass is 324 g/mol. The quantitative estimate of drug-likeness (QED) is 0.848. The number of carbonyl (C=O) groups is 1. The molecule has 110 valence electrons. The first-order chi connectivity index (χ1) is 9.90. The Hall–Kier alpha value is -1.91. The second kappa shape index (κ2) is 6.24. The van der Waals surface area contributed by atoms with Crippen LogP contribution < -0.4 is 5.73 Å². The Balaban J connectivity index is 2.26. The summed E-state index contributed by atoms with van der Waals surface area (Å²) in [6.45, 7) is 0.244. The molecular weight excluding hydrogens is 311 g/mol. The van der Waals surface area contributed by atoms with Gasteiger partial charge in [0.1, 0.15) is 5.75 Å². The third-order valence-electron chi connectivity index (χ3n) is 3.03. The first-order valence-electron chi connectivity index (χ1n) is 6.17. The normalized spacial score (nSPS) is 10.4. The van der Waals surface area contributed by atoms with Crippen LogP contribution in [0.25, 0.3) is 0 Å². The van der Waals surface area contributed by atoms with Gasteiger partial charge in [-0.1, -0.05) is 41.4 Å². The van der Waals surface area contributed by atoms with E-state index in [1.807, 2.05) is 0 Å². The highest BCUT2D eigenvalue weighted by atomic mass is 35.5. The number of halogens is 2. The second-order valence-electron chi connectivity index (χ2n) is 4.65. The highest BCUT2D eigenvalue weighted by Crippen LogP contribution is 2.30. The van der Waals surface area contributed by atoms with Gasteiger partial charge in [-0.15, -0.1) is 0 Å². The second-order valence-corrected chi connectivity index (χ2v) is 5.44. The lowest BCUT2D eigenvalue weighted by atomic mass is 10.1. The van der Waals surface area contributed by atoms with Gasteiger partial charge in [-0.05, 0) is 18.2 Å². The molecule has 21 heavy (non-hydrogen) atoms. The number of amides is 1. The zero-order chi connectivity index (χ0) is 15.6. The molecule has 0 saturated heterocycles. The van der Waals surface area contributed by atoms with Crippen molar-refractivity contribution in [2.24, 2.45) is 0 Å². The van der Waals surface area contributed by atoms with Crippen molar-refractivity contribution in [1.29, 1.82) is 0 Å². The van der Waals surface area contributed by atoms with Gasteiger partial charge in [-0.3, -0.25) is 4.79 Å². The third kappa shape index (κ3) is 3.40. The Labute approximate surface area is 132 Å². The number of para-hydroxylation sites is 1. The Morgan fingerprint density at radius 3 is 2.62 bits per heavy atom. The van der Waals surface area contributed by atoms with Crippen LogP contribution in [0.2, 0.25) is 10.0 Å². The highest BCUT2D eigenvalue weighted by molar-refractivity contribution is 6.44. The third-order valence-corrected chi connectivity index (χ3v) is 3.83. The Morgan fingerprint density at radius 1 is 1.29 bits per heavy atom. The smallest absolute Gasteiger partial charge is 0.255 e. The molecule has 2 rings (SSSR count). The number of phenols is 1. The fraction of sp³-hybridized carbons (Fsp3) is 0.133. The van der Waals surface area contributed by atoms with Gasteiger partial charge in [0.05, 0.1) is 15.6 Å². The van der Waals surface area contributed by atoms with Crippen LogP contribution in [0, 0.1) is 0 Å². The molecule has 0 unspecified atom stereocenters. The number of phenolic OH excluding ortho intramolecular Hbond substituents is 1. The summed E-state index contributed by atoms with van der Waals surface area (Å²) in [6.07, 6.45) is 0. The van der Waals surface area contributed by atoms with Crippen LogP contribution in [0.15, 0.2) is 36.4 Å². The van der Waals surface area contributed by atoms with Crippen LogP contribution >= 0.6 is 23.2 Å². The van der Waals surface area contributed by atoms with Crippen molar-refractivity contribution in [3.8, 4) is 5.75 Å². The maximum absolute atomic E-state index is 12.4. The van der Waals surface area contributed by atoms with E-state index < -0.39 is 0 Å². The molecule has 0 aliphatic heterocycles. The molecule has 3 N–H and O–H groups in total. The summed E-state index contributed by atoms with van der Waals surface area (Å²) in [6, 6.07) is 9.79. The largest absolute Gasteiger partial charge is 0.508 e. The number of nitrogen functional groups attached to an aromatic ring is 1. The zero-order valence-corrected chi connectivity index (χ0v) is 12.8. The van der Waals surface area contributed by atoms with Crippen LogP contribution in [-0.2, 0) is 6.54 Å². The molecule has 2 aromatic carbocycles. The maximum Gasteiger partial charge on any atom is 0.255 e. The average molecular weight is 325 g/mol. The van der Waals surface area contributed by atoms with Gasteiger partial charge >= 0.3 is 0 Å². The van der Waals surface area contributed by atoms with Gasteiger partial charge in [0.15, 0.2) is 0 Å². The molecule has 2 aromatic rings. The van der Waals surface area contributed by atoms with Crippen molar-refractivity contribution in [1.82, 2.24) is 4.90 Å². The topological polar surface area (TPSA) is 66.6 Å². The summed E-state index contributed by atoms with van der Waals surface area (Å²) in [5.41, 5.74) is 6.93. The summed E-state index contributed by atoms with van der Waals surface area (Å²) in [7, 11) is 1.61. The molecule has 0 saturated carbocycles. The van der Waals surface area contributed by atoms with E-state index in [-0.39, 0.29) is 33.8 Å². The fourth-order valence-electron chi connectivity index (χ4n) is 1.94. The molecule has 0 bridgehead atoms. The number of nitrogens with two attached hydrogens (primary N) is 1. The average Bonchev–Trinajstić information content (AvgIpc) is 2.44. The number of benzene rings is 2. The summed E-state index contributed by atoms with van der Waals surface area (Å²) in [4.78, 5) is 13.9. The molecule has 0 heterocycles. The van der Waals surface area contributed by atoms with Crippen molar-refractivity contribution in [3.05, 3.63) is 57.6 Å². The fourth-order valence-corrected chi connectivity index (χ4v) is 2.36. The lowest BCUT2D eigenvalue weighted by Crippen LogP contribution is -2.26. The van der Waals surface area contributed by atoms with E-state index in [0.717, 1.165) is 0 Å². The number of hydrogen-bond donors (Lipinski definition) is 2. The summed E-state index contributed by atoms with van der Waals surface area (Å²) >= 11 is 12.0. The highest BCUT2D eigenvalue weighted by Gasteiger charge is 2.18. The lowest BCUT2D eigenvalue weighted by molar-refractivity contribution is 0.0784. The maximum atomic E-state index is 12.4. The molecule has 4 nitrogen and oxygen atoms in total. The first-order valence-corrected chi connectivity index (χ1v) is 6.92. The minimum Gasteiger partial charge on any atom is -0.508 e. The molecule has 6 heteroatoms. The van der Waals surface area contributed by atoms with E-state index in [0.29, 0.717) is 11.3 Å². The molecule has 0 spiro atoms. The zero-order valence-electron chi connectivity index (χ0n) is 11.3. The van der Waals surface area contributed by atoms with E-state index in [2.05, 4.69) is 0 Å². The van der Waals surface area contributed by atoms with Crippen LogP contribution in [0.3, 0.4) is 0 Å². The molecule has 0 aliphatic rings. The molecule has 1 amide bonds. The SMILES string of the molecule is CN(Cc1ccccc1O)C(=O)c1cc(N)cc(Cl)c1Cl. The van der Waals surface area contributed by atoms with Crippen LogP contribution in [-0.4, -0.2) is 23.0 Å². The number of carbonyl (C=O) groups excluding carboxylic acids is 1.